The van der Waals surface area contributed by atoms with Crippen LogP contribution in [0.25, 0.3) is 0 Å². The number of hydrogen-bond donors (Lipinski definition) is 3. The minimum Gasteiger partial charge on any atom is -0.473 e. The van der Waals surface area contributed by atoms with Crippen molar-refractivity contribution in [3.8, 4) is 6.07 Å². The molecule has 1 aliphatic rings. The first-order valence-electron chi connectivity index (χ1n) is 11.0. The quantitative estimate of drug-likeness (QED) is 0.484. The molecule has 1 fully saturated rings. The number of carbonyl (C=O) groups excluding carboxylic acids is 1. The Hall–Kier alpha value is -3.81. The SMILES string of the molecule is N#Cc1ccc(COCC2CCN(CC(=O)NCc3ccc(F)cc3)CC2)cc1.O=C(O)C(=O)O. The number of hydrogen-bond acceptors (Lipinski definition) is 6. The maximum Gasteiger partial charge on any atom is 0.414 e. The molecule has 1 heterocycles. The van der Waals surface area contributed by atoms with E-state index in [1.807, 2.05) is 12.1 Å². The number of benzene rings is 2. The molecule has 35 heavy (non-hydrogen) atoms. The van der Waals surface area contributed by atoms with Crippen LogP contribution in [0.15, 0.2) is 48.5 Å². The number of nitriles is 1. The second kappa shape index (κ2) is 14.5. The highest BCUT2D eigenvalue weighted by Gasteiger charge is 2.21. The van der Waals surface area contributed by atoms with Gasteiger partial charge in [0.2, 0.25) is 5.91 Å². The van der Waals surface area contributed by atoms with Crippen LogP contribution < -0.4 is 5.32 Å². The van der Waals surface area contributed by atoms with Crippen LogP contribution in [-0.4, -0.2) is 59.2 Å². The van der Waals surface area contributed by atoms with Crippen molar-refractivity contribution in [2.45, 2.75) is 26.0 Å². The number of rotatable bonds is 8. The summed E-state index contributed by atoms with van der Waals surface area (Å²) >= 11 is 0. The number of carboxylic acids is 2. The van der Waals surface area contributed by atoms with Crippen molar-refractivity contribution in [2.75, 3.05) is 26.2 Å². The third-order valence-electron chi connectivity index (χ3n) is 5.37. The molecular weight excluding hydrogens is 457 g/mol. The van der Waals surface area contributed by atoms with Gasteiger partial charge < -0.3 is 20.3 Å². The molecule has 2 aromatic rings. The van der Waals surface area contributed by atoms with Crippen molar-refractivity contribution in [3.63, 3.8) is 0 Å². The Balaban J connectivity index is 0.000000641. The van der Waals surface area contributed by atoms with Gasteiger partial charge in [0.25, 0.3) is 0 Å². The topological polar surface area (TPSA) is 140 Å². The van der Waals surface area contributed by atoms with E-state index < -0.39 is 11.9 Å². The van der Waals surface area contributed by atoms with Crippen LogP contribution in [-0.2, 0) is 32.3 Å². The number of likely N-dealkylation sites (tertiary alicyclic amines) is 1. The van der Waals surface area contributed by atoms with Gasteiger partial charge in [-0.05, 0) is 67.2 Å². The van der Waals surface area contributed by atoms with E-state index in [-0.39, 0.29) is 11.7 Å². The first kappa shape index (κ1) is 27.4. The Morgan fingerprint density at radius 2 is 1.57 bits per heavy atom. The van der Waals surface area contributed by atoms with Crippen LogP contribution in [0.2, 0.25) is 0 Å². The fourth-order valence-corrected chi connectivity index (χ4v) is 3.39. The van der Waals surface area contributed by atoms with Gasteiger partial charge in [0, 0.05) is 13.2 Å². The van der Waals surface area contributed by atoms with Crippen molar-refractivity contribution < 1.29 is 33.7 Å². The number of nitrogens with zero attached hydrogens (tertiary/aromatic N) is 2. The van der Waals surface area contributed by atoms with Crippen molar-refractivity contribution >= 4 is 17.8 Å². The predicted octanol–water partition coefficient (Wildman–Crippen LogP) is 2.40. The maximum atomic E-state index is 12.9. The maximum absolute atomic E-state index is 12.9. The van der Waals surface area contributed by atoms with E-state index in [1.165, 1.54) is 12.1 Å². The molecule has 1 amide bonds. The Kier molecular flexibility index (Phi) is 11.3. The number of carboxylic acid groups (broad SMARTS) is 2. The summed E-state index contributed by atoms with van der Waals surface area (Å²) < 4.78 is 18.7. The number of ether oxygens (including phenoxy) is 1. The second-order valence-electron chi connectivity index (χ2n) is 8.06. The fraction of sp³-hybridized carbons (Fsp3) is 0.360. The molecule has 1 aliphatic heterocycles. The highest BCUT2D eigenvalue weighted by molar-refractivity contribution is 6.27. The van der Waals surface area contributed by atoms with Gasteiger partial charge >= 0.3 is 11.9 Å². The number of carbonyl (C=O) groups is 3. The van der Waals surface area contributed by atoms with Crippen LogP contribution >= 0.6 is 0 Å². The Morgan fingerprint density at radius 3 is 2.11 bits per heavy atom. The third kappa shape index (κ3) is 10.8. The molecule has 0 atom stereocenters. The number of halogens is 1. The summed E-state index contributed by atoms with van der Waals surface area (Å²) in [7, 11) is 0. The molecule has 0 unspecified atom stereocenters. The molecule has 10 heteroatoms. The van der Waals surface area contributed by atoms with E-state index >= 15 is 0 Å². The molecular formula is C25H28FN3O6. The van der Waals surface area contributed by atoms with E-state index in [4.69, 9.17) is 29.8 Å². The van der Waals surface area contributed by atoms with Crippen molar-refractivity contribution in [2.24, 2.45) is 5.92 Å². The van der Waals surface area contributed by atoms with Gasteiger partial charge in [-0.15, -0.1) is 0 Å². The summed E-state index contributed by atoms with van der Waals surface area (Å²) in [5, 5.41) is 26.5. The molecule has 9 nitrogen and oxygen atoms in total. The van der Waals surface area contributed by atoms with Crippen molar-refractivity contribution in [1.82, 2.24) is 10.2 Å². The van der Waals surface area contributed by atoms with E-state index in [0.29, 0.717) is 37.8 Å². The summed E-state index contributed by atoms with van der Waals surface area (Å²) in [4.78, 5) is 32.5. The minimum absolute atomic E-state index is 0.00941. The number of piperidine rings is 1. The third-order valence-corrected chi connectivity index (χ3v) is 5.37. The zero-order valence-electron chi connectivity index (χ0n) is 19.2. The van der Waals surface area contributed by atoms with Gasteiger partial charge in [0.15, 0.2) is 0 Å². The summed E-state index contributed by atoms with van der Waals surface area (Å²) in [6, 6.07) is 15.7. The summed E-state index contributed by atoms with van der Waals surface area (Å²) in [5.74, 6) is -3.43. The highest BCUT2D eigenvalue weighted by atomic mass is 19.1. The van der Waals surface area contributed by atoms with Crippen molar-refractivity contribution in [3.05, 3.63) is 71.0 Å². The predicted molar refractivity (Wildman–Crippen MR) is 123 cm³/mol. The molecule has 0 radical (unpaired) electrons. The van der Waals surface area contributed by atoms with E-state index in [0.717, 1.165) is 37.1 Å². The van der Waals surface area contributed by atoms with Gasteiger partial charge in [-0.3, -0.25) is 9.69 Å². The lowest BCUT2D eigenvalue weighted by atomic mass is 9.98. The number of amides is 1. The van der Waals surface area contributed by atoms with Gasteiger partial charge in [-0.2, -0.15) is 5.26 Å². The van der Waals surface area contributed by atoms with Crippen LogP contribution in [0.3, 0.4) is 0 Å². The Labute approximate surface area is 202 Å². The van der Waals surface area contributed by atoms with E-state index in [2.05, 4.69) is 16.3 Å². The molecule has 0 spiro atoms. The largest absolute Gasteiger partial charge is 0.473 e. The number of aliphatic carboxylic acids is 2. The van der Waals surface area contributed by atoms with Crippen LogP contribution in [0.4, 0.5) is 4.39 Å². The highest BCUT2D eigenvalue weighted by Crippen LogP contribution is 2.18. The second-order valence-corrected chi connectivity index (χ2v) is 8.06. The monoisotopic (exact) mass is 485 g/mol. The normalized spacial score (nSPS) is 13.7. The van der Waals surface area contributed by atoms with Crippen LogP contribution in [0, 0.1) is 23.1 Å². The van der Waals surface area contributed by atoms with E-state index in [9.17, 15) is 9.18 Å². The lowest BCUT2D eigenvalue weighted by molar-refractivity contribution is -0.159. The van der Waals surface area contributed by atoms with Gasteiger partial charge in [-0.1, -0.05) is 24.3 Å². The Morgan fingerprint density at radius 1 is 1.00 bits per heavy atom. The van der Waals surface area contributed by atoms with Gasteiger partial charge in [0.1, 0.15) is 5.82 Å². The summed E-state index contributed by atoms with van der Waals surface area (Å²) in [6.45, 7) is 3.84. The molecule has 0 aromatic heterocycles. The summed E-state index contributed by atoms with van der Waals surface area (Å²) in [5.41, 5.74) is 2.61. The average Bonchev–Trinajstić information content (AvgIpc) is 2.85. The lowest BCUT2D eigenvalue weighted by Gasteiger charge is -2.31. The zero-order valence-corrected chi connectivity index (χ0v) is 19.2. The minimum atomic E-state index is -1.82. The molecule has 3 rings (SSSR count). The molecule has 3 N–H and O–H groups in total. The average molecular weight is 486 g/mol. The van der Waals surface area contributed by atoms with Crippen LogP contribution in [0.5, 0.6) is 0 Å². The standard InChI is InChI=1S/C23H26FN3O2.C2H2O4/c24-22-7-5-19(6-8-22)14-26-23(28)15-27-11-9-21(10-12-27)17-29-16-20-3-1-18(13-25)2-4-20;3-1(4)2(5)6/h1-8,21H,9-12,14-17H2,(H,26,28);(H,3,4)(H,5,6). The van der Waals surface area contributed by atoms with Gasteiger partial charge in [0.05, 0.1) is 24.8 Å². The Bertz CT molecular complexity index is 1000. The molecule has 0 saturated carbocycles. The lowest BCUT2D eigenvalue weighted by Crippen LogP contribution is -2.42. The molecule has 2 aromatic carbocycles. The number of nitrogens with one attached hydrogen (secondary N) is 1. The zero-order chi connectivity index (χ0) is 25.6. The molecule has 186 valence electrons. The first-order chi connectivity index (χ1) is 16.8. The summed E-state index contributed by atoms with van der Waals surface area (Å²) in [6.07, 6.45) is 2.03. The van der Waals surface area contributed by atoms with E-state index in [1.54, 1.807) is 24.3 Å². The smallest absolute Gasteiger partial charge is 0.414 e. The molecule has 0 bridgehead atoms. The first-order valence-corrected chi connectivity index (χ1v) is 11.0. The molecule has 1 saturated heterocycles. The van der Waals surface area contributed by atoms with Crippen molar-refractivity contribution in [1.29, 1.82) is 5.26 Å². The molecule has 0 aliphatic carbocycles. The van der Waals surface area contributed by atoms with Gasteiger partial charge in [-0.25, -0.2) is 14.0 Å². The van der Waals surface area contributed by atoms with Crippen LogP contribution in [0.1, 0.15) is 29.5 Å². The fourth-order valence-electron chi connectivity index (χ4n) is 3.39.